The molecule has 15 heavy (non-hydrogen) atoms. The quantitative estimate of drug-likeness (QED) is 0.653. The van der Waals surface area contributed by atoms with Crippen LogP contribution in [-0.2, 0) is 9.59 Å². The zero-order valence-corrected chi connectivity index (χ0v) is 9.96. The van der Waals surface area contributed by atoms with E-state index in [1.165, 1.54) is 4.90 Å². The monoisotopic (exact) mass is 215 g/mol. The lowest BCUT2D eigenvalue weighted by molar-refractivity contribution is -0.141. The second-order valence-electron chi connectivity index (χ2n) is 4.20. The standard InChI is InChI=1S/C10H21N3O2/c1-5-12-8(14)6-13(4)9(15)10(2,3)7-11/h5-7,11H2,1-4H3,(H,12,14). The van der Waals surface area contributed by atoms with Crippen LogP contribution in [0.1, 0.15) is 20.8 Å². The SMILES string of the molecule is CCNC(=O)CN(C)C(=O)C(C)(C)CN. The summed E-state index contributed by atoms with van der Waals surface area (Å²) in [5.74, 6) is -0.266. The van der Waals surface area contributed by atoms with Gasteiger partial charge in [-0.1, -0.05) is 0 Å². The Bertz CT molecular complexity index is 239. The van der Waals surface area contributed by atoms with E-state index in [0.29, 0.717) is 6.54 Å². The minimum absolute atomic E-state index is 0.0795. The van der Waals surface area contributed by atoms with E-state index in [0.717, 1.165) is 0 Å². The highest BCUT2D eigenvalue weighted by Gasteiger charge is 2.29. The number of nitrogens with zero attached hydrogens (tertiary/aromatic N) is 1. The normalized spacial score (nSPS) is 11.0. The van der Waals surface area contributed by atoms with Crippen molar-refractivity contribution in [1.29, 1.82) is 0 Å². The Morgan fingerprint density at radius 3 is 2.33 bits per heavy atom. The van der Waals surface area contributed by atoms with Crippen molar-refractivity contribution in [3.8, 4) is 0 Å². The molecule has 0 aromatic carbocycles. The highest BCUT2D eigenvalue weighted by molar-refractivity contribution is 5.87. The molecule has 0 spiro atoms. The van der Waals surface area contributed by atoms with Crippen LogP contribution in [0.4, 0.5) is 0 Å². The van der Waals surface area contributed by atoms with Crippen molar-refractivity contribution in [2.75, 3.05) is 26.7 Å². The summed E-state index contributed by atoms with van der Waals surface area (Å²) in [5.41, 5.74) is 4.88. The minimum atomic E-state index is -0.610. The van der Waals surface area contributed by atoms with Gasteiger partial charge in [0.2, 0.25) is 11.8 Å². The van der Waals surface area contributed by atoms with Gasteiger partial charge in [-0.2, -0.15) is 0 Å². The lowest BCUT2D eigenvalue weighted by Gasteiger charge is -2.27. The molecule has 5 heteroatoms. The van der Waals surface area contributed by atoms with Gasteiger partial charge in [-0.3, -0.25) is 9.59 Å². The number of carbonyl (C=O) groups excluding carboxylic acids is 2. The first-order valence-electron chi connectivity index (χ1n) is 5.07. The van der Waals surface area contributed by atoms with Crippen LogP contribution < -0.4 is 11.1 Å². The van der Waals surface area contributed by atoms with E-state index in [2.05, 4.69) is 5.32 Å². The molecule has 0 saturated heterocycles. The fourth-order valence-electron chi connectivity index (χ4n) is 1.14. The highest BCUT2D eigenvalue weighted by atomic mass is 16.2. The number of rotatable bonds is 5. The average molecular weight is 215 g/mol. The molecule has 0 saturated carbocycles. The summed E-state index contributed by atoms with van der Waals surface area (Å²) in [6.45, 7) is 6.29. The van der Waals surface area contributed by atoms with E-state index in [-0.39, 0.29) is 24.9 Å². The van der Waals surface area contributed by atoms with Gasteiger partial charge in [0.05, 0.1) is 12.0 Å². The van der Waals surface area contributed by atoms with Crippen LogP contribution in [0.5, 0.6) is 0 Å². The molecule has 0 bridgehead atoms. The van der Waals surface area contributed by atoms with E-state index in [1.807, 2.05) is 6.92 Å². The molecule has 3 N–H and O–H groups in total. The van der Waals surface area contributed by atoms with E-state index < -0.39 is 5.41 Å². The first kappa shape index (κ1) is 13.9. The number of carbonyl (C=O) groups is 2. The molecule has 0 heterocycles. The zero-order chi connectivity index (χ0) is 12.1. The van der Waals surface area contributed by atoms with E-state index in [9.17, 15) is 9.59 Å². The Morgan fingerprint density at radius 1 is 1.40 bits per heavy atom. The van der Waals surface area contributed by atoms with Crippen molar-refractivity contribution in [2.45, 2.75) is 20.8 Å². The van der Waals surface area contributed by atoms with Gasteiger partial charge in [-0.15, -0.1) is 0 Å². The number of nitrogens with one attached hydrogen (secondary N) is 1. The van der Waals surface area contributed by atoms with Gasteiger partial charge >= 0.3 is 0 Å². The summed E-state index contributed by atoms with van der Waals surface area (Å²) in [5, 5.41) is 2.64. The fourth-order valence-corrected chi connectivity index (χ4v) is 1.14. The first-order valence-corrected chi connectivity index (χ1v) is 5.07. The van der Waals surface area contributed by atoms with Gasteiger partial charge in [-0.25, -0.2) is 0 Å². The molecule has 0 atom stereocenters. The predicted molar refractivity (Wildman–Crippen MR) is 59.2 cm³/mol. The number of amides is 2. The molecule has 0 aromatic rings. The molecule has 0 fully saturated rings. The van der Waals surface area contributed by atoms with Gasteiger partial charge in [0.1, 0.15) is 0 Å². The van der Waals surface area contributed by atoms with E-state index in [4.69, 9.17) is 5.73 Å². The molecule has 2 amide bonds. The minimum Gasteiger partial charge on any atom is -0.355 e. The molecule has 0 aliphatic carbocycles. The second-order valence-corrected chi connectivity index (χ2v) is 4.20. The highest BCUT2D eigenvalue weighted by Crippen LogP contribution is 2.15. The Hall–Kier alpha value is -1.10. The summed E-state index contributed by atoms with van der Waals surface area (Å²) in [4.78, 5) is 24.4. The van der Waals surface area contributed by atoms with Crippen LogP contribution >= 0.6 is 0 Å². The molecule has 5 nitrogen and oxygen atoms in total. The third-order valence-corrected chi connectivity index (χ3v) is 2.19. The maximum atomic E-state index is 11.8. The number of nitrogens with two attached hydrogens (primary N) is 1. The largest absolute Gasteiger partial charge is 0.355 e. The van der Waals surface area contributed by atoms with Crippen LogP contribution in [0.15, 0.2) is 0 Å². The topological polar surface area (TPSA) is 75.4 Å². The van der Waals surface area contributed by atoms with Crippen molar-refractivity contribution >= 4 is 11.8 Å². The van der Waals surface area contributed by atoms with Crippen molar-refractivity contribution in [2.24, 2.45) is 11.1 Å². The van der Waals surface area contributed by atoms with Gasteiger partial charge in [0.15, 0.2) is 0 Å². The third kappa shape index (κ3) is 4.29. The van der Waals surface area contributed by atoms with E-state index in [1.54, 1.807) is 20.9 Å². The van der Waals surface area contributed by atoms with Crippen molar-refractivity contribution < 1.29 is 9.59 Å². The van der Waals surface area contributed by atoms with Crippen LogP contribution in [0, 0.1) is 5.41 Å². The predicted octanol–water partition coefficient (Wildman–Crippen LogP) is -0.434. The van der Waals surface area contributed by atoms with Crippen molar-refractivity contribution in [3.05, 3.63) is 0 Å². The Morgan fingerprint density at radius 2 is 1.93 bits per heavy atom. The second kappa shape index (κ2) is 5.70. The Balaban J connectivity index is 4.28. The molecule has 0 unspecified atom stereocenters. The van der Waals surface area contributed by atoms with E-state index >= 15 is 0 Å². The molecule has 0 aliphatic rings. The zero-order valence-electron chi connectivity index (χ0n) is 9.96. The number of hydrogen-bond acceptors (Lipinski definition) is 3. The number of hydrogen-bond donors (Lipinski definition) is 2. The molecule has 0 aliphatic heterocycles. The van der Waals surface area contributed by atoms with Crippen LogP contribution in [0.2, 0.25) is 0 Å². The lowest BCUT2D eigenvalue weighted by atomic mass is 9.92. The van der Waals surface area contributed by atoms with Crippen molar-refractivity contribution in [3.63, 3.8) is 0 Å². The molecule has 0 radical (unpaired) electrons. The van der Waals surface area contributed by atoms with Crippen LogP contribution in [0.3, 0.4) is 0 Å². The van der Waals surface area contributed by atoms with Crippen LogP contribution in [0.25, 0.3) is 0 Å². The first-order chi connectivity index (χ1) is 6.85. The van der Waals surface area contributed by atoms with Gasteiger partial charge < -0.3 is 16.0 Å². The summed E-state index contributed by atoms with van der Waals surface area (Å²) >= 11 is 0. The van der Waals surface area contributed by atoms with Gasteiger partial charge in [0, 0.05) is 20.1 Å². The molecule has 0 rings (SSSR count). The van der Waals surface area contributed by atoms with Gasteiger partial charge in [0.25, 0.3) is 0 Å². The molecule has 0 aromatic heterocycles. The van der Waals surface area contributed by atoms with Crippen molar-refractivity contribution in [1.82, 2.24) is 10.2 Å². The Labute approximate surface area is 91.0 Å². The average Bonchev–Trinajstić information content (AvgIpc) is 2.16. The van der Waals surface area contributed by atoms with Crippen LogP contribution in [-0.4, -0.2) is 43.4 Å². The fraction of sp³-hybridized carbons (Fsp3) is 0.800. The summed E-state index contributed by atoms with van der Waals surface area (Å²) in [6.07, 6.45) is 0. The maximum Gasteiger partial charge on any atom is 0.239 e. The Kier molecular flexibility index (Phi) is 5.28. The molecular formula is C10H21N3O2. The maximum absolute atomic E-state index is 11.8. The molecule has 88 valence electrons. The third-order valence-electron chi connectivity index (χ3n) is 2.19. The van der Waals surface area contributed by atoms with Gasteiger partial charge in [-0.05, 0) is 20.8 Å². The summed E-state index contributed by atoms with van der Waals surface area (Å²) in [6, 6.07) is 0. The number of likely N-dealkylation sites (N-methyl/N-ethyl adjacent to an activating group) is 2. The summed E-state index contributed by atoms with van der Waals surface area (Å²) in [7, 11) is 1.61. The molecular weight excluding hydrogens is 194 g/mol. The smallest absolute Gasteiger partial charge is 0.239 e. The lowest BCUT2D eigenvalue weighted by Crippen LogP contribution is -2.46. The summed E-state index contributed by atoms with van der Waals surface area (Å²) < 4.78 is 0.